The van der Waals surface area contributed by atoms with E-state index in [1.54, 1.807) is 0 Å². The van der Waals surface area contributed by atoms with Gasteiger partial charge in [-0.15, -0.1) is 0 Å². The average Bonchev–Trinajstić information content (AvgIpc) is 2.13. The molecule has 0 saturated carbocycles. The van der Waals surface area contributed by atoms with Gasteiger partial charge in [-0.2, -0.15) is 0 Å². The Morgan fingerprint density at radius 3 is 2.46 bits per heavy atom. The highest BCUT2D eigenvalue weighted by molar-refractivity contribution is 5.92. The van der Waals surface area contributed by atoms with Gasteiger partial charge in [0.15, 0.2) is 0 Å². The summed E-state index contributed by atoms with van der Waals surface area (Å²) in [5, 5.41) is 0. The summed E-state index contributed by atoms with van der Waals surface area (Å²) in [6, 6.07) is 0. The van der Waals surface area contributed by atoms with Crippen molar-refractivity contribution in [2.75, 3.05) is 0 Å². The molecule has 0 saturated heterocycles. The molecule has 0 N–H and O–H groups in total. The Morgan fingerprint density at radius 2 is 2.08 bits per heavy atom. The average molecular weight is 184 g/mol. The van der Waals surface area contributed by atoms with Crippen LogP contribution < -0.4 is 0 Å². The highest BCUT2D eigenvalue weighted by atomic mass is 16.6. The molecule has 0 aromatic carbocycles. The second-order valence-electron chi connectivity index (χ2n) is 2.84. The second-order valence-corrected chi connectivity index (χ2v) is 2.84. The van der Waals surface area contributed by atoms with Crippen molar-refractivity contribution in [3.8, 4) is 0 Å². The molecule has 0 amide bonds. The fraction of sp³-hybridized carbons (Fsp3) is 0.600. The van der Waals surface area contributed by atoms with Crippen LogP contribution in [0.2, 0.25) is 0 Å². The molecule has 0 bridgehead atoms. The van der Waals surface area contributed by atoms with Crippen molar-refractivity contribution >= 4 is 11.9 Å². The molecule has 0 heterocycles. The molecule has 0 aromatic rings. The summed E-state index contributed by atoms with van der Waals surface area (Å²) in [5.41, 5.74) is 0. The van der Waals surface area contributed by atoms with E-state index < -0.39 is 11.9 Å². The van der Waals surface area contributed by atoms with Crippen LogP contribution in [0.5, 0.6) is 0 Å². The van der Waals surface area contributed by atoms with Crippen molar-refractivity contribution in [3.05, 3.63) is 12.7 Å². The minimum Gasteiger partial charge on any atom is -0.390 e. The van der Waals surface area contributed by atoms with E-state index in [1.165, 1.54) is 0 Å². The standard InChI is InChI=1S/C10H16O3/c1-4-7-8(5-2)10(12)13-9(11)6-3/h6,8H,3-5,7H2,1-2H3. The van der Waals surface area contributed by atoms with Gasteiger partial charge < -0.3 is 4.74 Å². The smallest absolute Gasteiger partial charge is 0.337 e. The van der Waals surface area contributed by atoms with E-state index in [4.69, 9.17) is 0 Å². The van der Waals surface area contributed by atoms with Crippen LogP contribution in [0.4, 0.5) is 0 Å². The number of rotatable bonds is 5. The molecule has 0 aliphatic heterocycles. The highest BCUT2D eigenvalue weighted by Gasteiger charge is 2.18. The molecule has 3 heteroatoms. The molecule has 0 aliphatic carbocycles. The van der Waals surface area contributed by atoms with Gasteiger partial charge in [-0.1, -0.05) is 26.8 Å². The summed E-state index contributed by atoms with van der Waals surface area (Å²) in [5.74, 6) is -1.26. The van der Waals surface area contributed by atoms with Crippen molar-refractivity contribution in [1.82, 2.24) is 0 Å². The lowest BCUT2D eigenvalue weighted by Crippen LogP contribution is -2.19. The first kappa shape index (κ1) is 11.9. The second kappa shape index (κ2) is 6.40. The van der Waals surface area contributed by atoms with Crippen LogP contribution in [0.1, 0.15) is 33.1 Å². The largest absolute Gasteiger partial charge is 0.390 e. The Kier molecular flexibility index (Phi) is 5.85. The zero-order chi connectivity index (χ0) is 10.3. The maximum absolute atomic E-state index is 11.2. The van der Waals surface area contributed by atoms with Gasteiger partial charge in [0.1, 0.15) is 0 Å². The van der Waals surface area contributed by atoms with Crippen LogP contribution in [-0.4, -0.2) is 11.9 Å². The summed E-state index contributed by atoms with van der Waals surface area (Å²) in [6.45, 7) is 7.11. The fourth-order valence-electron chi connectivity index (χ4n) is 1.06. The fourth-order valence-corrected chi connectivity index (χ4v) is 1.06. The number of hydrogen-bond donors (Lipinski definition) is 0. The Bertz CT molecular complexity index is 196. The summed E-state index contributed by atoms with van der Waals surface area (Å²) in [7, 11) is 0. The molecule has 1 atom stereocenters. The predicted molar refractivity (Wildman–Crippen MR) is 50.0 cm³/mol. The molecular weight excluding hydrogens is 168 g/mol. The molecular formula is C10H16O3. The minimum atomic E-state index is -0.667. The predicted octanol–water partition coefficient (Wildman–Crippen LogP) is 2.07. The van der Waals surface area contributed by atoms with Crippen molar-refractivity contribution in [3.63, 3.8) is 0 Å². The summed E-state index contributed by atoms with van der Waals surface area (Å²) in [4.78, 5) is 21.9. The first-order valence-corrected chi connectivity index (χ1v) is 4.53. The van der Waals surface area contributed by atoms with Gasteiger partial charge in [-0.3, -0.25) is 4.79 Å². The first-order valence-electron chi connectivity index (χ1n) is 4.53. The molecule has 0 rings (SSSR count). The third-order valence-corrected chi connectivity index (χ3v) is 1.83. The molecule has 0 spiro atoms. The van der Waals surface area contributed by atoms with Gasteiger partial charge in [0.05, 0.1) is 5.92 Å². The van der Waals surface area contributed by atoms with Gasteiger partial charge in [0.2, 0.25) is 0 Å². The van der Waals surface area contributed by atoms with Crippen molar-refractivity contribution in [2.45, 2.75) is 33.1 Å². The molecule has 13 heavy (non-hydrogen) atoms. The van der Waals surface area contributed by atoms with Crippen LogP contribution in [0.3, 0.4) is 0 Å². The Morgan fingerprint density at radius 1 is 1.46 bits per heavy atom. The Hall–Kier alpha value is -1.12. The maximum Gasteiger partial charge on any atom is 0.337 e. The lowest BCUT2D eigenvalue weighted by Gasteiger charge is -2.10. The van der Waals surface area contributed by atoms with Gasteiger partial charge in [-0.25, -0.2) is 4.79 Å². The Labute approximate surface area is 78.8 Å². The van der Waals surface area contributed by atoms with Gasteiger partial charge in [0.25, 0.3) is 0 Å². The number of esters is 2. The van der Waals surface area contributed by atoms with Crippen molar-refractivity contribution < 1.29 is 14.3 Å². The first-order chi connectivity index (χ1) is 6.15. The third-order valence-electron chi connectivity index (χ3n) is 1.83. The van der Waals surface area contributed by atoms with Gasteiger partial charge >= 0.3 is 11.9 Å². The Balaban J connectivity index is 4.05. The quantitative estimate of drug-likeness (QED) is 0.373. The molecule has 1 unspecified atom stereocenters. The van der Waals surface area contributed by atoms with Crippen LogP contribution in [0.15, 0.2) is 12.7 Å². The van der Waals surface area contributed by atoms with Crippen LogP contribution >= 0.6 is 0 Å². The van der Waals surface area contributed by atoms with E-state index in [9.17, 15) is 9.59 Å². The lowest BCUT2D eigenvalue weighted by atomic mass is 10.0. The molecule has 0 radical (unpaired) electrons. The van der Waals surface area contributed by atoms with Crippen molar-refractivity contribution in [2.24, 2.45) is 5.92 Å². The van der Waals surface area contributed by atoms with E-state index in [2.05, 4.69) is 11.3 Å². The van der Waals surface area contributed by atoms with E-state index in [-0.39, 0.29) is 5.92 Å². The van der Waals surface area contributed by atoms with E-state index in [0.29, 0.717) is 6.42 Å². The molecule has 0 fully saturated rings. The van der Waals surface area contributed by atoms with E-state index in [0.717, 1.165) is 18.9 Å². The van der Waals surface area contributed by atoms with E-state index >= 15 is 0 Å². The summed E-state index contributed by atoms with van der Waals surface area (Å²) >= 11 is 0. The van der Waals surface area contributed by atoms with Crippen LogP contribution in [-0.2, 0) is 14.3 Å². The maximum atomic E-state index is 11.2. The highest BCUT2D eigenvalue weighted by Crippen LogP contribution is 2.12. The molecule has 74 valence electrons. The van der Waals surface area contributed by atoms with Gasteiger partial charge in [0, 0.05) is 6.08 Å². The van der Waals surface area contributed by atoms with Crippen LogP contribution in [0, 0.1) is 5.92 Å². The summed E-state index contributed by atoms with van der Waals surface area (Å²) < 4.78 is 4.51. The monoisotopic (exact) mass is 184 g/mol. The lowest BCUT2D eigenvalue weighted by molar-refractivity contribution is -0.159. The minimum absolute atomic E-state index is 0.158. The summed E-state index contributed by atoms with van der Waals surface area (Å²) in [6.07, 6.45) is 3.38. The number of carbonyl (C=O) groups excluding carboxylic acids is 2. The van der Waals surface area contributed by atoms with Crippen LogP contribution in [0.25, 0.3) is 0 Å². The van der Waals surface area contributed by atoms with E-state index in [1.807, 2.05) is 13.8 Å². The third kappa shape index (κ3) is 4.45. The molecule has 0 aromatic heterocycles. The normalized spacial score (nSPS) is 11.8. The molecule has 0 aliphatic rings. The number of carbonyl (C=O) groups is 2. The number of ether oxygens (including phenoxy) is 1. The SMILES string of the molecule is C=CC(=O)OC(=O)C(CC)CCC. The topological polar surface area (TPSA) is 43.4 Å². The van der Waals surface area contributed by atoms with Gasteiger partial charge in [-0.05, 0) is 12.8 Å². The zero-order valence-electron chi connectivity index (χ0n) is 8.21. The number of hydrogen-bond acceptors (Lipinski definition) is 3. The zero-order valence-corrected chi connectivity index (χ0v) is 8.21. The molecule has 3 nitrogen and oxygen atoms in total. The van der Waals surface area contributed by atoms with Crippen molar-refractivity contribution in [1.29, 1.82) is 0 Å².